The van der Waals surface area contributed by atoms with Crippen LogP contribution in [0.2, 0.25) is 5.02 Å². The highest BCUT2D eigenvalue weighted by Gasteiger charge is 2.13. The maximum Gasteiger partial charge on any atom is 0.253 e. The molecule has 0 aliphatic carbocycles. The maximum atomic E-state index is 12.1. The number of amides is 1. The van der Waals surface area contributed by atoms with E-state index in [4.69, 9.17) is 21.1 Å². The summed E-state index contributed by atoms with van der Waals surface area (Å²) in [5.41, 5.74) is 3.32. The number of hydrogen-bond acceptors (Lipinski definition) is 5. The maximum absolute atomic E-state index is 12.1. The Morgan fingerprint density at radius 2 is 1.96 bits per heavy atom. The van der Waals surface area contributed by atoms with E-state index in [2.05, 4.69) is 10.5 Å². The van der Waals surface area contributed by atoms with Crippen molar-refractivity contribution in [2.75, 3.05) is 14.2 Å². The molecular formula is C18H19ClN2O3S. The minimum atomic E-state index is -0.305. The van der Waals surface area contributed by atoms with Crippen molar-refractivity contribution in [2.24, 2.45) is 5.10 Å². The minimum absolute atomic E-state index is 0.193. The summed E-state index contributed by atoms with van der Waals surface area (Å²) in [4.78, 5) is 13.1. The molecule has 2 aromatic rings. The second-order valence-corrected chi connectivity index (χ2v) is 6.92. The molecule has 132 valence electrons. The van der Waals surface area contributed by atoms with Crippen molar-refractivity contribution >= 4 is 35.5 Å². The molecule has 1 N–H and O–H groups in total. The molecule has 25 heavy (non-hydrogen) atoms. The van der Waals surface area contributed by atoms with E-state index in [1.807, 2.05) is 31.2 Å². The van der Waals surface area contributed by atoms with Gasteiger partial charge in [0.1, 0.15) is 0 Å². The van der Waals surface area contributed by atoms with Crippen molar-refractivity contribution in [3.8, 4) is 11.5 Å². The molecule has 0 saturated heterocycles. The lowest BCUT2D eigenvalue weighted by Gasteiger charge is -2.10. The average Bonchev–Trinajstić information content (AvgIpc) is 2.61. The zero-order valence-electron chi connectivity index (χ0n) is 14.2. The van der Waals surface area contributed by atoms with E-state index in [0.717, 1.165) is 10.5 Å². The highest BCUT2D eigenvalue weighted by atomic mass is 35.5. The Labute approximate surface area is 156 Å². The molecule has 0 aromatic heterocycles. The first-order valence-electron chi connectivity index (χ1n) is 7.50. The Morgan fingerprint density at radius 1 is 1.20 bits per heavy atom. The topological polar surface area (TPSA) is 59.9 Å². The molecule has 0 radical (unpaired) electrons. The van der Waals surface area contributed by atoms with E-state index in [0.29, 0.717) is 16.5 Å². The largest absolute Gasteiger partial charge is 0.493 e. The van der Waals surface area contributed by atoms with Crippen molar-refractivity contribution in [2.45, 2.75) is 17.1 Å². The predicted octanol–water partition coefficient (Wildman–Crippen LogP) is 3.99. The van der Waals surface area contributed by atoms with Crippen LogP contribution in [0.4, 0.5) is 0 Å². The third kappa shape index (κ3) is 5.69. The van der Waals surface area contributed by atoms with Crippen LogP contribution in [-0.4, -0.2) is 31.6 Å². The van der Waals surface area contributed by atoms with Gasteiger partial charge in [-0.05, 0) is 48.9 Å². The van der Waals surface area contributed by atoms with Crippen molar-refractivity contribution < 1.29 is 14.3 Å². The summed E-state index contributed by atoms with van der Waals surface area (Å²) < 4.78 is 10.4. The summed E-state index contributed by atoms with van der Waals surface area (Å²) in [5, 5.41) is 4.33. The monoisotopic (exact) mass is 378 g/mol. The van der Waals surface area contributed by atoms with Crippen LogP contribution in [0, 0.1) is 0 Å². The first-order valence-corrected chi connectivity index (χ1v) is 8.76. The molecule has 0 heterocycles. The lowest BCUT2D eigenvalue weighted by Crippen LogP contribution is -2.26. The number of carbonyl (C=O) groups excluding carboxylic acids is 1. The highest BCUT2D eigenvalue weighted by Crippen LogP contribution is 2.27. The number of methoxy groups -OCH3 is 2. The van der Waals surface area contributed by atoms with Crippen molar-refractivity contribution in [3.63, 3.8) is 0 Å². The smallest absolute Gasteiger partial charge is 0.253 e. The van der Waals surface area contributed by atoms with E-state index >= 15 is 0 Å². The third-order valence-corrected chi connectivity index (χ3v) is 4.60. The molecule has 0 spiro atoms. The molecule has 2 rings (SSSR count). The molecule has 2 aromatic carbocycles. The number of hydrazone groups is 1. The van der Waals surface area contributed by atoms with Crippen LogP contribution in [0.3, 0.4) is 0 Å². The van der Waals surface area contributed by atoms with Gasteiger partial charge >= 0.3 is 0 Å². The number of thioether (sulfide) groups is 1. The van der Waals surface area contributed by atoms with Gasteiger partial charge in [-0.25, -0.2) is 5.43 Å². The first-order chi connectivity index (χ1) is 12.0. The second kappa shape index (κ2) is 9.34. The van der Waals surface area contributed by atoms with Gasteiger partial charge in [0.2, 0.25) is 0 Å². The molecule has 1 unspecified atom stereocenters. The van der Waals surface area contributed by atoms with Gasteiger partial charge in [0, 0.05) is 9.92 Å². The lowest BCUT2D eigenvalue weighted by atomic mass is 10.2. The predicted molar refractivity (Wildman–Crippen MR) is 102 cm³/mol. The van der Waals surface area contributed by atoms with Crippen LogP contribution in [0.1, 0.15) is 12.5 Å². The Bertz CT molecular complexity index is 768. The van der Waals surface area contributed by atoms with Crippen LogP contribution in [0.15, 0.2) is 52.5 Å². The number of carbonyl (C=O) groups is 1. The molecule has 1 amide bonds. The SMILES string of the molecule is COc1ccc(/C=N/NC(=O)C(C)Sc2cccc(Cl)c2)cc1OC. The van der Waals surface area contributed by atoms with Crippen molar-refractivity contribution in [3.05, 3.63) is 53.1 Å². The molecule has 0 fully saturated rings. The van der Waals surface area contributed by atoms with Crippen LogP contribution >= 0.6 is 23.4 Å². The van der Waals surface area contributed by atoms with Crippen LogP contribution in [-0.2, 0) is 4.79 Å². The molecule has 5 nitrogen and oxygen atoms in total. The van der Waals surface area contributed by atoms with Gasteiger partial charge in [-0.15, -0.1) is 11.8 Å². The van der Waals surface area contributed by atoms with Gasteiger partial charge in [0.05, 0.1) is 25.7 Å². The summed E-state index contributed by atoms with van der Waals surface area (Å²) in [5.74, 6) is 1.04. The van der Waals surface area contributed by atoms with E-state index in [9.17, 15) is 4.79 Å². The van der Waals surface area contributed by atoms with E-state index in [1.54, 1.807) is 38.6 Å². The zero-order valence-corrected chi connectivity index (χ0v) is 15.7. The molecule has 7 heteroatoms. The van der Waals surface area contributed by atoms with Gasteiger partial charge in [-0.2, -0.15) is 5.10 Å². The second-order valence-electron chi connectivity index (χ2n) is 5.07. The third-order valence-electron chi connectivity index (χ3n) is 3.27. The highest BCUT2D eigenvalue weighted by molar-refractivity contribution is 8.00. The minimum Gasteiger partial charge on any atom is -0.493 e. The molecular weight excluding hydrogens is 360 g/mol. The summed E-state index contributed by atoms with van der Waals surface area (Å²) in [6.07, 6.45) is 1.55. The van der Waals surface area contributed by atoms with E-state index < -0.39 is 0 Å². The number of nitrogens with zero attached hydrogens (tertiary/aromatic N) is 1. The van der Waals surface area contributed by atoms with Gasteiger partial charge in [-0.3, -0.25) is 4.79 Å². The van der Waals surface area contributed by atoms with Crippen LogP contribution in [0.5, 0.6) is 11.5 Å². The summed E-state index contributed by atoms with van der Waals surface area (Å²) in [6.45, 7) is 1.81. The Morgan fingerprint density at radius 3 is 2.64 bits per heavy atom. The number of rotatable bonds is 7. The fraction of sp³-hybridized carbons (Fsp3) is 0.222. The number of halogens is 1. The van der Waals surface area contributed by atoms with Crippen LogP contribution in [0.25, 0.3) is 0 Å². The Hall–Kier alpha value is -2.18. The van der Waals surface area contributed by atoms with E-state index in [1.165, 1.54) is 11.8 Å². The van der Waals surface area contributed by atoms with Crippen molar-refractivity contribution in [1.29, 1.82) is 0 Å². The van der Waals surface area contributed by atoms with E-state index in [-0.39, 0.29) is 11.2 Å². The standard InChI is InChI=1S/C18H19ClN2O3S/c1-12(25-15-6-4-5-14(19)10-15)18(22)21-20-11-13-7-8-16(23-2)17(9-13)24-3/h4-12H,1-3H3,(H,21,22)/b20-11+. The molecule has 0 aliphatic rings. The number of ether oxygens (including phenoxy) is 2. The summed E-state index contributed by atoms with van der Waals surface area (Å²) in [6, 6.07) is 12.8. The van der Waals surface area contributed by atoms with Gasteiger partial charge in [0.25, 0.3) is 5.91 Å². The average molecular weight is 379 g/mol. The zero-order chi connectivity index (χ0) is 18.2. The first kappa shape index (κ1) is 19.1. The van der Waals surface area contributed by atoms with Gasteiger partial charge in [0.15, 0.2) is 11.5 Å². The van der Waals surface area contributed by atoms with Gasteiger partial charge < -0.3 is 9.47 Å². The Balaban J connectivity index is 1.93. The van der Waals surface area contributed by atoms with Crippen molar-refractivity contribution in [1.82, 2.24) is 5.43 Å². The van der Waals surface area contributed by atoms with Crippen LogP contribution < -0.4 is 14.9 Å². The quantitative estimate of drug-likeness (QED) is 0.449. The fourth-order valence-electron chi connectivity index (χ4n) is 1.99. The summed E-state index contributed by atoms with van der Waals surface area (Å²) in [7, 11) is 3.14. The number of benzene rings is 2. The summed E-state index contributed by atoms with van der Waals surface area (Å²) >= 11 is 7.37. The van der Waals surface area contributed by atoms with Gasteiger partial charge in [-0.1, -0.05) is 17.7 Å². The number of nitrogens with one attached hydrogen (secondary N) is 1. The molecule has 0 bridgehead atoms. The normalized spacial score (nSPS) is 12.0. The molecule has 0 aliphatic heterocycles. The fourth-order valence-corrected chi connectivity index (χ4v) is 3.17. The molecule has 0 saturated carbocycles. The number of hydrogen-bond donors (Lipinski definition) is 1. The lowest BCUT2D eigenvalue weighted by molar-refractivity contribution is -0.120. The molecule has 1 atom stereocenters. The Kier molecular flexibility index (Phi) is 7.16.